The van der Waals surface area contributed by atoms with Crippen molar-refractivity contribution in [1.29, 1.82) is 0 Å². The normalized spacial score (nSPS) is 18.8. The van der Waals surface area contributed by atoms with Gasteiger partial charge in [-0.15, -0.1) is 0 Å². The lowest BCUT2D eigenvalue weighted by molar-refractivity contribution is -0.123. The number of piperidine rings is 1. The van der Waals surface area contributed by atoms with Gasteiger partial charge < -0.3 is 15.5 Å². The van der Waals surface area contributed by atoms with Crippen LogP contribution in [-0.4, -0.2) is 41.9 Å². The van der Waals surface area contributed by atoms with Crippen LogP contribution < -0.4 is 15.5 Å². The van der Waals surface area contributed by atoms with Crippen molar-refractivity contribution in [3.05, 3.63) is 48.0 Å². The molecule has 3 rings (SSSR count). The van der Waals surface area contributed by atoms with E-state index in [9.17, 15) is 9.18 Å². The molecule has 2 N–H and O–H groups in total. The number of nitrogens with one attached hydrogen (secondary N) is 2. The number of benzene rings is 1. The van der Waals surface area contributed by atoms with Gasteiger partial charge >= 0.3 is 0 Å². The van der Waals surface area contributed by atoms with Gasteiger partial charge in [0.2, 0.25) is 5.91 Å². The fourth-order valence-electron chi connectivity index (χ4n) is 3.33. The van der Waals surface area contributed by atoms with E-state index in [0.717, 1.165) is 30.6 Å². The largest absolute Gasteiger partial charge is 0.369 e. The average molecular weight is 345 g/mol. The molecule has 1 amide bonds. The third kappa shape index (κ3) is 4.17. The van der Waals surface area contributed by atoms with Crippen LogP contribution in [0.5, 0.6) is 0 Å². The van der Waals surface area contributed by atoms with Gasteiger partial charge in [0, 0.05) is 43.6 Å². The summed E-state index contributed by atoms with van der Waals surface area (Å²) in [4.78, 5) is 14.8. The summed E-state index contributed by atoms with van der Waals surface area (Å²) in [7, 11) is 3.59. The third-order valence-electron chi connectivity index (χ3n) is 4.55. The third-order valence-corrected chi connectivity index (χ3v) is 4.55. The van der Waals surface area contributed by atoms with Crippen molar-refractivity contribution < 1.29 is 9.18 Å². The Kier molecular flexibility index (Phi) is 5.33. The standard InChI is InChI=1S/C18H24FN5O/c1-20-17(13-10-21-23(2)11-13)18(25)22-15-6-4-8-24(12-15)16-7-3-5-14(19)9-16/h3,5,7,9-11,15,17,20H,4,6,8,12H2,1-2H3,(H,22,25). The molecule has 6 nitrogen and oxygen atoms in total. The Balaban J connectivity index is 1.64. The Bertz CT molecular complexity index is 732. The van der Waals surface area contributed by atoms with Crippen molar-refractivity contribution in [2.75, 3.05) is 25.0 Å². The Morgan fingerprint density at radius 3 is 2.96 bits per heavy atom. The van der Waals surface area contributed by atoms with E-state index in [4.69, 9.17) is 0 Å². The van der Waals surface area contributed by atoms with Crippen molar-refractivity contribution in [2.45, 2.75) is 24.9 Å². The molecule has 0 bridgehead atoms. The second kappa shape index (κ2) is 7.65. The van der Waals surface area contributed by atoms with E-state index in [0.29, 0.717) is 6.54 Å². The Hall–Kier alpha value is -2.41. The average Bonchev–Trinajstić information content (AvgIpc) is 3.02. The fourth-order valence-corrected chi connectivity index (χ4v) is 3.33. The molecule has 2 unspecified atom stereocenters. The molecule has 1 aliphatic heterocycles. The number of carbonyl (C=O) groups is 1. The van der Waals surface area contributed by atoms with Crippen LogP contribution >= 0.6 is 0 Å². The van der Waals surface area contributed by atoms with E-state index >= 15 is 0 Å². The molecular formula is C18H24FN5O. The molecule has 2 aromatic rings. The minimum absolute atomic E-state index is 0.0389. The van der Waals surface area contributed by atoms with Gasteiger partial charge in [-0.2, -0.15) is 5.10 Å². The van der Waals surface area contributed by atoms with Crippen molar-refractivity contribution in [3.63, 3.8) is 0 Å². The molecule has 0 aliphatic carbocycles. The van der Waals surface area contributed by atoms with Gasteiger partial charge in [0.1, 0.15) is 11.9 Å². The number of hydrogen-bond donors (Lipinski definition) is 2. The SMILES string of the molecule is CNC(C(=O)NC1CCCN(c2cccc(F)c2)C1)c1cnn(C)c1. The fraction of sp³-hybridized carbons (Fsp3) is 0.444. The van der Waals surface area contributed by atoms with E-state index in [1.165, 1.54) is 12.1 Å². The maximum Gasteiger partial charge on any atom is 0.242 e. The van der Waals surface area contributed by atoms with E-state index in [-0.39, 0.29) is 17.8 Å². The lowest BCUT2D eigenvalue weighted by atomic mass is 10.0. The number of carbonyl (C=O) groups excluding carboxylic acids is 1. The molecule has 0 spiro atoms. The molecule has 25 heavy (non-hydrogen) atoms. The summed E-state index contributed by atoms with van der Waals surface area (Å²) in [6.45, 7) is 1.55. The molecule has 1 aromatic heterocycles. The molecule has 0 radical (unpaired) electrons. The monoisotopic (exact) mass is 345 g/mol. The van der Waals surface area contributed by atoms with E-state index in [1.807, 2.05) is 19.3 Å². The van der Waals surface area contributed by atoms with Gasteiger partial charge in [0.25, 0.3) is 0 Å². The van der Waals surface area contributed by atoms with Crippen LogP contribution in [0.3, 0.4) is 0 Å². The van der Waals surface area contributed by atoms with E-state index < -0.39 is 6.04 Å². The number of halogens is 1. The molecule has 1 aliphatic rings. The van der Waals surface area contributed by atoms with Crippen LogP contribution in [-0.2, 0) is 11.8 Å². The van der Waals surface area contributed by atoms with Gasteiger partial charge in [-0.1, -0.05) is 6.07 Å². The van der Waals surface area contributed by atoms with Crippen LogP contribution in [0, 0.1) is 5.82 Å². The highest BCUT2D eigenvalue weighted by atomic mass is 19.1. The summed E-state index contributed by atoms with van der Waals surface area (Å²) in [5, 5.41) is 10.3. The summed E-state index contributed by atoms with van der Waals surface area (Å²) in [5.41, 5.74) is 1.69. The minimum Gasteiger partial charge on any atom is -0.369 e. The van der Waals surface area contributed by atoms with E-state index in [2.05, 4.69) is 20.6 Å². The first kappa shape index (κ1) is 17.4. The van der Waals surface area contributed by atoms with Crippen molar-refractivity contribution in [3.8, 4) is 0 Å². The van der Waals surface area contributed by atoms with Crippen LogP contribution in [0.1, 0.15) is 24.4 Å². The maximum atomic E-state index is 13.5. The number of aromatic nitrogens is 2. The quantitative estimate of drug-likeness (QED) is 0.864. The van der Waals surface area contributed by atoms with Gasteiger partial charge in [-0.3, -0.25) is 9.48 Å². The van der Waals surface area contributed by atoms with Crippen molar-refractivity contribution in [1.82, 2.24) is 20.4 Å². The predicted octanol–water partition coefficient (Wildman–Crippen LogP) is 1.60. The molecule has 2 atom stereocenters. The number of likely N-dealkylation sites (N-methyl/N-ethyl adjacent to an activating group) is 1. The van der Waals surface area contributed by atoms with Crippen LogP contribution in [0.4, 0.5) is 10.1 Å². The lowest BCUT2D eigenvalue weighted by Gasteiger charge is -2.35. The van der Waals surface area contributed by atoms with Crippen LogP contribution in [0.15, 0.2) is 36.7 Å². The minimum atomic E-state index is -0.432. The molecule has 1 saturated heterocycles. The van der Waals surface area contributed by atoms with Gasteiger partial charge in [0.15, 0.2) is 0 Å². The molecule has 7 heteroatoms. The zero-order chi connectivity index (χ0) is 17.8. The molecule has 1 aromatic carbocycles. The smallest absolute Gasteiger partial charge is 0.242 e. The second-order valence-corrected chi connectivity index (χ2v) is 6.44. The second-order valence-electron chi connectivity index (χ2n) is 6.44. The summed E-state index contributed by atoms with van der Waals surface area (Å²) in [5.74, 6) is -0.308. The summed E-state index contributed by atoms with van der Waals surface area (Å²) < 4.78 is 15.1. The Morgan fingerprint density at radius 2 is 2.28 bits per heavy atom. The zero-order valence-electron chi connectivity index (χ0n) is 14.6. The number of nitrogens with zero attached hydrogens (tertiary/aromatic N) is 3. The van der Waals surface area contributed by atoms with Crippen LogP contribution in [0.25, 0.3) is 0 Å². The maximum absolute atomic E-state index is 13.5. The van der Waals surface area contributed by atoms with Crippen molar-refractivity contribution >= 4 is 11.6 Å². The Morgan fingerprint density at radius 1 is 1.44 bits per heavy atom. The first-order chi connectivity index (χ1) is 12.1. The number of anilines is 1. The van der Waals surface area contributed by atoms with Crippen LogP contribution in [0.2, 0.25) is 0 Å². The summed E-state index contributed by atoms with van der Waals surface area (Å²) in [6, 6.07) is 6.20. The highest BCUT2D eigenvalue weighted by molar-refractivity contribution is 5.83. The van der Waals surface area contributed by atoms with Crippen molar-refractivity contribution in [2.24, 2.45) is 7.05 Å². The first-order valence-electron chi connectivity index (χ1n) is 8.53. The number of hydrogen-bond acceptors (Lipinski definition) is 4. The summed E-state index contributed by atoms with van der Waals surface area (Å²) in [6.07, 6.45) is 5.40. The molecule has 1 fully saturated rings. The molecule has 0 saturated carbocycles. The van der Waals surface area contributed by atoms with Gasteiger partial charge in [-0.25, -0.2) is 4.39 Å². The van der Waals surface area contributed by atoms with E-state index in [1.54, 1.807) is 24.0 Å². The summed E-state index contributed by atoms with van der Waals surface area (Å²) >= 11 is 0. The first-order valence-corrected chi connectivity index (χ1v) is 8.53. The number of amides is 1. The Labute approximate surface area is 147 Å². The molecule has 2 heterocycles. The highest BCUT2D eigenvalue weighted by Gasteiger charge is 2.26. The predicted molar refractivity (Wildman–Crippen MR) is 94.8 cm³/mol. The number of aryl methyl sites for hydroxylation is 1. The number of rotatable bonds is 5. The highest BCUT2D eigenvalue weighted by Crippen LogP contribution is 2.21. The van der Waals surface area contributed by atoms with Gasteiger partial charge in [-0.05, 0) is 38.1 Å². The zero-order valence-corrected chi connectivity index (χ0v) is 14.6. The topological polar surface area (TPSA) is 62.2 Å². The molecule has 134 valence electrons. The molecular weight excluding hydrogens is 321 g/mol. The van der Waals surface area contributed by atoms with Gasteiger partial charge in [0.05, 0.1) is 6.20 Å². The lowest BCUT2D eigenvalue weighted by Crippen LogP contribution is -2.50.